The summed E-state index contributed by atoms with van der Waals surface area (Å²) in [6, 6.07) is 7.42. The average molecular weight is 280 g/mol. The van der Waals surface area contributed by atoms with Crippen LogP contribution in [0.2, 0.25) is 0 Å². The van der Waals surface area contributed by atoms with E-state index in [1.807, 2.05) is 31.2 Å². The molecule has 0 spiro atoms. The van der Waals surface area contributed by atoms with Crippen molar-refractivity contribution in [1.82, 2.24) is 9.97 Å². The Kier molecular flexibility index (Phi) is 4.65. The van der Waals surface area contributed by atoms with Crippen molar-refractivity contribution in [3.05, 3.63) is 24.3 Å². The Balaban J connectivity index is 2.43. The Morgan fingerprint density at radius 3 is 2.70 bits per heavy atom. The van der Waals surface area contributed by atoms with Crippen molar-refractivity contribution in [3.63, 3.8) is 0 Å². The quantitative estimate of drug-likeness (QED) is 0.882. The molecule has 1 N–H and O–H groups in total. The third kappa shape index (κ3) is 3.31. The van der Waals surface area contributed by atoms with Gasteiger partial charge in [0.05, 0.1) is 12.1 Å². The lowest BCUT2D eigenvalue weighted by atomic mass is 10.2. The van der Waals surface area contributed by atoms with Crippen LogP contribution in [0.15, 0.2) is 24.3 Å². The van der Waals surface area contributed by atoms with Gasteiger partial charge in [-0.2, -0.15) is 4.98 Å². The van der Waals surface area contributed by atoms with Gasteiger partial charge in [-0.15, -0.1) is 0 Å². The maximum atomic E-state index is 12.6. The number of fused-ring (bicyclic) bond motifs is 1. The van der Waals surface area contributed by atoms with Crippen LogP contribution in [-0.2, 0) is 0 Å². The van der Waals surface area contributed by atoms with E-state index < -0.39 is 6.43 Å². The molecule has 1 heterocycles. The van der Waals surface area contributed by atoms with E-state index in [1.165, 1.54) is 4.90 Å². The predicted octanol–water partition coefficient (Wildman–Crippen LogP) is 3.15. The highest BCUT2D eigenvalue weighted by Gasteiger charge is 2.14. The fourth-order valence-electron chi connectivity index (χ4n) is 1.96. The van der Waals surface area contributed by atoms with Crippen LogP contribution in [0.25, 0.3) is 10.9 Å². The predicted molar refractivity (Wildman–Crippen MR) is 77.6 cm³/mol. The number of anilines is 2. The van der Waals surface area contributed by atoms with Crippen LogP contribution >= 0.6 is 0 Å². The summed E-state index contributed by atoms with van der Waals surface area (Å²) in [5.74, 6) is 0.996. The van der Waals surface area contributed by atoms with Crippen LogP contribution in [0, 0.1) is 0 Å². The molecule has 0 aliphatic carbocycles. The Labute approximate surface area is 116 Å². The maximum absolute atomic E-state index is 12.6. The number of hydrogen-bond acceptors (Lipinski definition) is 4. The van der Waals surface area contributed by atoms with E-state index >= 15 is 0 Å². The molecule has 0 bridgehead atoms. The monoisotopic (exact) mass is 280 g/mol. The van der Waals surface area contributed by atoms with E-state index in [4.69, 9.17) is 0 Å². The molecule has 108 valence electrons. The molecule has 0 amide bonds. The molecule has 0 fully saturated rings. The molecule has 0 radical (unpaired) electrons. The lowest BCUT2D eigenvalue weighted by Gasteiger charge is -2.20. The number of benzene rings is 1. The summed E-state index contributed by atoms with van der Waals surface area (Å²) >= 11 is 0. The highest BCUT2D eigenvalue weighted by molar-refractivity contribution is 5.90. The molecule has 0 saturated carbocycles. The Hall–Kier alpha value is -1.98. The SMILES string of the molecule is CCCNc1nc(N(C)CC(F)F)c2ccccc2n1. The van der Waals surface area contributed by atoms with Crippen LogP contribution in [0.5, 0.6) is 0 Å². The Morgan fingerprint density at radius 1 is 1.25 bits per heavy atom. The lowest BCUT2D eigenvalue weighted by molar-refractivity contribution is 0.156. The largest absolute Gasteiger partial charge is 0.354 e. The summed E-state index contributed by atoms with van der Waals surface area (Å²) in [6.07, 6.45) is -1.46. The molecule has 2 rings (SSSR count). The number of rotatable bonds is 6. The topological polar surface area (TPSA) is 41.1 Å². The van der Waals surface area contributed by atoms with Gasteiger partial charge in [-0.3, -0.25) is 0 Å². The second kappa shape index (κ2) is 6.45. The zero-order chi connectivity index (χ0) is 14.5. The molecule has 1 aromatic heterocycles. The first-order chi connectivity index (χ1) is 9.61. The average Bonchev–Trinajstić information content (AvgIpc) is 2.43. The number of nitrogens with zero attached hydrogens (tertiary/aromatic N) is 3. The molecule has 0 saturated heterocycles. The zero-order valence-electron chi connectivity index (χ0n) is 11.6. The van der Waals surface area contributed by atoms with Crippen molar-refractivity contribution in [2.75, 3.05) is 30.4 Å². The smallest absolute Gasteiger partial charge is 0.255 e. The molecule has 0 unspecified atom stereocenters. The minimum atomic E-state index is -2.40. The third-order valence-corrected chi connectivity index (χ3v) is 2.89. The number of halogens is 2. The number of nitrogens with one attached hydrogen (secondary N) is 1. The van der Waals surface area contributed by atoms with Crippen LogP contribution < -0.4 is 10.2 Å². The van der Waals surface area contributed by atoms with Gasteiger partial charge in [0.2, 0.25) is 5.95 Å². The Bertz CT molecular complexity index is 574. The second-order valence-electron chi connectivity index (χ2n) is 4.59. The molecule has 0 atom stereocenters. The molecule has 6 heteroatoms. The van der Waals surface area contributed by atoms with Crippen LogP contribution in [0.3, 0.4) is 0 Å². The van der Waals surface area contributed by atoms with Crippen molar-refractivity contribution in [1.29, 1.82) is 0 Å². The lowest BCUT2D eigenvalue weighted by Crippen LogP contribution is -2.25. The molecular weight excluding hydrogens is 262 g/mol. The number of aromatic nitrogens is 2. The van der Waals surface area contributed by atoms with E-state index in [0.29, 0.717) is 11.8 Å². The van der Waals surface area contributed by atoms with Crippen LogP contribution in [0.4, 0.5) is 20.5 Å². The van der Waals surface area contributed by atoms with Crippen molar-refractivity contribution in [2.45, 2.75) is 19.8 Å². The van der Waals surface area contributed by atoms with Gasteiger partial charge in [-0.25, -0.2) is 13.8 Å². The Morgan fingerprint density at radius 2 is 2.00 bits per heavy atom. The van der Waals surface area contributed by atoms with E-state index in [2.05, 4.69) is 15.3 Å². The van der Waals surface area contributed by atoms with E-state index in [9.17, 15) is 8.78 Å². The molecule has 2 aromatic rings. The van der Waals surface area contributed by atoms with Gasteiger partial charge in [0.1, 0.15) is 5.82 Å². The van der Waals surface area contributed by atoms with Crippen LogP contribution in [0.1, 0.15) is 13.3 Å². The molecule has 1 aromatic carbocycles. The van der Waals surface area contributed by atoms with Crippen molar-refractivity contribution in [2.24, 2.45) is 0 Å². The number of alkyl halides is 2. The van der Waals surface area contributed by atoms with Gasteiger partial charge >= 0.3 is 0 Å². The summed E-state index contributed by atoms with van der Waals surface area (Å²) in [4.78, 5) is 10.2. The van der Waals surface area contributed by atoms with Crippen molar-refractivity contribution in [3.8, 4) is 0 Å². The van der Waals surface area contributed by atoms with Crippen LogP contribution in [-0.4, -0.2) is 36.5 Å². The number of hydrogen-bond donors (Lipinski definition) is 1. The first kappa shape index (κ1) is 14.4. The van der Waals surface area contributed by atoms with Gasteiger partial charge in [0, 0.05) is 19.0 Å². The summed E-state index contributed by atoms with van der Waals surface area (Å²) in [5.41, 5.74) is 0.747. The van der Waals surface area contributed by atoms with E-state index in [0.717, 1.165) is 23.9 Å². The summed E-state index contributed by atoms with van der Waals surface area (Å²) in [5, 5.41) is 3.87. The summed E-state index contributed by atoms with van der Waals surface area (Å²) in [6.45, 7) is 2.43. The fraction of sp³-hybridized carbons (Fsp3) is 0.429. The molecule has 4 nitrogen and oxygen atoms in total. The van der Waals surface area contributed by atoms with Gasteiger partial charge in [0.15, 0.2) is 0 Å². The second-order valence-corrected chi connectivity index (χ2v) is 4.59. The van der Waals surface area contributed by atoms with E-state index in [-0.39, 0.29) is 6.54 Å². The molecule has 0 aliphatic heterocycles. The summed E-state index contributed by atoms with van der Waals surface area (Å²) in [7, 11) is 1.62. The zero-order valence-corrected chi connectivity index (χ0v) is 11.6. The van der Waals surface area contributed by atoms with Gasteiger partial charge < -0.3 is 10.2 Å². The highest BCUT2D eigenvalue weighted by atomic mass is 19.3. The minimum absolute atomic E-state index is 0.353. The molecule has 0 aliphatic rings. The minimum Gasteiger partial charge on any atom is -0.354 e. The first-order valence-corrected chi connectivity index (χ1v) is 6.61. The third-order valence-electron chi connectivity index (χ3n) is 2.89. The maximum Gasteiger partial charge on any atom is 0.255 e. The normalized spacial score (nSPS) is 11.1. The fourth-order valence-corrected chi connectivity index (χ4v) is 1.96. The molecular formula is C14H18F2N4. The van der Waals surface area contributed by atoms with Crippen molar-refractivity contribution >= 4 is 22.7 Å². The van der Waals surface area contributed by atoms with Gasteiger partial charge in [-0.05, 0) is 18.6 Å². The molecule has 20 heavy (non-hydrogen) atoms. The number of para-hydroxylation sites is 1. The highest BCUT2D eigenvalue weighted by Crippen LogP contribution is 2.24. The standard InChI is InChI=1S/C14H18F2N4/c1-3-8-17-14-18-11-7-5-4-6-10(11)13(19-14)20(2)9-12(15)16/h4-7,12H,3,8-9H2,1-2H3,(H,17,18,19). The van der Waals surface area contributed by atoms with Crippen molar-refractivity contribution < 1.29 is 8.78 Å². The van der Waals surface area contributed by atoms with E-state index in [1.54, 1.807) is 7.05 Å². The summed E-state index contributed by atoms with van der Waals surface area (Å²) < 4.78 is 25.1. The van der Waals surface area contributed by atoms with Gasteiger partial charge in [-0.1, -0.05) is 19.1 Å². The first-order valence-electron chi connectivity index (χ1n) is 6.61. The van der Waals surface area contributed by atoms with Gasteiger partial charge in [0.25, 0.3) is 6.43 Å².